The molecule has 1 saturated carbocycles. The van der Waals surface area contributed by atoms with Crippen LogP contribution in [0.5, 0.6) is 0 Å². The van der Waals surface area contributed by atoms with E-state index in [1.165, 1.54) is 0 Å². The third-order valence-corrected chi connectivity index (χ3v) is 3.16. The molecular formula is C11H22N4O. The predicted molar refractivity (Wildman–Crippen MR) is 64.6 cm³/mol. The molecule has 0 radical (unpaired) electrons. The molecule has 16 heavy (non-hydrogen) atoms. The SMILES string of the molecule is CCNC(=O)NC1(C(=N)N)CCCCCC1. The molecule has 1 rings (SSSR count). The van der Waals surface area contributed by atoms with Crippen LogP contribution >= 0.6 is 0 Å². The number of nitrogens with one attached hydrogen (secondary N) is 3. The van der Waals surface area contributed by atoms with E-state index in [-0.39, 0.29) is 11.9 Å². The summed E-state index contributed by atoms with van der Waals surface area (Å²) < 4.78 is 0. The highest BCUT2D eigenvalue weighted by molar-refractivity contribution is 5.91. The topological polar surface area (TPSA) is 91.0 Å². The van der Waals surface area contributed by atoms with Crippen molar-refractivity contribution in [2.24, 2.45) is 5.73 Å². The van der Waals surface area contributed by atoms with Crippen LogP contribution in [0.3, 0.4) is 0 Å². The number of amidine groups is 1. The summed E-state index contributed by atoms with van der Waals surface area (Å²) in [5, 5.41) is 13.3. The van der Waals surface area contributed by atoms with Gasteiger partial charge in [0.2, 0.25) is 0 Å². The van der Waals surface area contributed by atoms with Crippen molar-refractivity contribution in [3.05, 3.63) is 0 Å². The van der Waals surface area contributed by atoms with Crippen molar-refractivity contribution in [2.45, 2.75) is 51.0 Å². The Morgan fingerprint density at radius 3 is 2.31 bits per heavy atom. The van der Waals surface area contributed by atoms with Gasteiger partial charge in [-0.25, -0.2) is 4.79 Å². The van der Waals surface area contributed by atoms with Gasteiger partial charge >= 0.3 is 6.03 Å². The molecule has 0 aromatic rings. The zero-order chi connectivity index (χ0) is 12.0. The molecule has 5 heteroatoms. The fourth-order valence-corrected chi connectivity index (χ4v) is 2.22. The van der Waals surface area contributed by atoms with E-state index in [0.717, 1.165) is 38.5 Å². The van der Waals surface area contributed by atoms with Crippen molar-refractivity contribution in [3.63, 3.8) is 0 Å². The van der Waals surface area contributed by atoms with E-state index in [1.54, 1.807) is 0 Å². The standard InChI is InChI=1S/C11H22N4O/c1-2-14-10(16)15-11(9(12)13)7-5-3-4-6-8-11/h2-8H2,1H3,(H3,12,13)(H2,14,15,16). The van der Waals surface area contributed by atoms with Gasteiger partial charge in [0.05, 0.1) is 5.54 Å². The second kappa shape index (κ2) is 5.72. The van der Waals surface area contributed by atoms with Crippen LogP contribution < -0.4 is 16.4 Å². The van der Waals surface area contributed by atoms with E-state index in [1.807, 2.05) is 6.92 Å². The Kier molecular flexibility index (Phi) is 4.58. The van der Waals surface area contributed by atoms with Crippen molar-refractivity contribution in [3.8, 4) is 0 Å². The van der Waals surface area contributed by atoms with Crippen molar-refractivity contribution < 1.29 is 4.79 Å². The molecule has 2 amide bonds. The Bertz CT molecular complexity index is 257. The van der Waals surface area contributed by atoms with E-state index in [9.17, 15) is 4.79 Å². The van der Waals surface area contributed by atoms with Crippen LogP contribution in [-0.2, 0) is 0 Å². The minimum Gasteiger partial charge on any atom is -0.386 e. The van der Waals surface area contributed by atoms with Crippen LogP contribution in [-0.4, -0.2) is 24.0 Å². The molecule has 1 aliphatic rings. The van der Waals surface area contributed by atoms with Crippen LogP contribution in [0.4, 0.5) is 4.79 Å². The molecule has 1 fully saturated rings. The van der Waals surface area contributed by atoms with Crippen molar-refractivity contribution in [2.75, 3.05) is 6.54 Å². The predicted octanol–water partition coefficient (Wildman–Crippen LogP) is 1.33. The molecular weight excluding hydrogens is 204 g/mol. The summed E-state index contributed by atoms with van der Waals surface area (Å²) in [6.07, 6.45) is 5.91. The molecule has 92 valence electrons. The Morgan fingerprint density at radius 1 is 1.31 bits per heavy atom. The summed E-state index contributed by atoms with van der Waals surface area (Å²) in [6.45, 7) is 2.45. The molecule has 0 bridgehead atoms. The summed E-state index contributed by atoms with van der Waals surface area (Å²) in [6, 6.07) is -0.223. The lowest BCUT2D eigenvalue weighted by molar-refractivity contribution is 0.230. The highest BCUT2D eigenvalue weighted by atomic mass is 16.2. The third-order valence-electron chi connectivity index (χ3n) is 3.16. The van der Waals surface area contributed by atoms with Crippen LogP contribution in [0.25, 0.3) is 0 Å². The zero-order valence-corrected chi connectivity index (χ0v) is 9.94. The maximum Gasteiger partial charge on any atom is 0.315 e. The average Bonchev–Trinajstić information content (AvgIpc) is 2.44. The van der Waals surface area contributed by atoms with Gasteiger partial charge in [-0.05, 0) is 19.8 Å². The van der Waals surface area contributed by atoms with Crippen LogP contribution in [0.15, 0.2) is 0 Å². The molecule has 5 N–H and O–H groups in total. The van der Waals surface area contributed by atoms with Gasteiger partial charge in [-0.2, -0.15) is 0 Å². The quantitative estimate of drug-likeness (QED) is 0.332. The minimum atomic E-state index is -0.615. The number of amides is 2. The lowest BCUT2D eigenvalue weighted by atomic mass is 9.89. The van der Waals surface area contributed by atoms with Gasteiger partial charge in [0, 0.05) is 6.54 Å². The smallest absolute Gasteiger partial charge is 0.315 e. The molecule has 0 aromatic carbocycles. The van der Waals surface area contributed by atoms with E-state index >= 15 is 0 Å². The monoisotopic (exact) mass is 226 g/mol. The normalized spacial score (nSPS) is 19.6. The molecule has 0 aliphatic heterocycles. The number of rotatable bonds is 3. The minimum absolute atomic E-state index is 0.0839. The van der Waals surface area contributed by atoms with Gasteiger partial charge in [-0.15, -0.1) is 0 Å². The molecule has 5 nitrogen and oxygen atoms in total. The van der Waals surface area contributed by atoms with Gasteiger partial charge in [0.15, 0.2) is 0 Å². The number of hydrogen-bond donors (Lipinski definition) is 4. The fourth-order valence-electron chi connectivity index (χ4n) is 2.22. The number of hydrogen-bond acceptors (Lipinski definition) is 2. The Labute approximate surface area is 96.7 Å². The van der Waals surface area contributed by atoms with E-state index in [0.29, 0.717) is 6.54 Å². The summed E-state index contributed by atoms with van der Waals surface area (Å²) in [5.74, 6) is 0.0839. The fraction of sp³-hybridized carbons (Fsp3) is 0.818. The number of nitrogens with two attached hydrogens (primary N) is 1. The van der Waals surface area contributed by atoms with Crippen LogP contribution in [0.1, 0.15) is 45.4 Å². The molecule has 0 unspecified atom stereocenters. The van der Waals surface area contributed by atoms with Crippen LogP contribution in [0.2, 0.25) is 0 Å². The lowest BCUT2D eigenvalue weighted by Gasteiger charge is -2.32. The Balaban J connectivity index is 2.70. The first kappa shape index (κ1) is 12.8. The number of carbonyl (C=O) groups is 1. The van der Waals surface area contributed by atoms with Gasteiger partial charge in [-0.1, -0.05) is 25.7 Å². The zero-order valence-electron chi connectivity index (χ0n) is 9.94. The van der Waals surface area contributed by atoms with Crippen LogP contribution in [0, 0.1) is 5.41 Å². The van der Waals surface area contributed by atoms with Crippen molar-refractivity contribution in [1.29, 1.82) is 5.41 Å². The molecule has 0 atom stereocenters. The maximum absolute atomic E-state index is 11.6. The summed E-state index contributed by atoms with van der Waals surface area (Å²) in [4.78, 5) is 11.6. The summed E-state index contributed by atoms with van der Waals surface area (Å²) >= 11 is 0. The van der Waals surface area contributed by atoms with Gasteiger partial charge < -0.3 is 16.4 Å². The molecule has 0 aromatic heterocycles. The molecule has 0 saturated heterocycles. The van der Waals surface area contributed by atoms with Crippen molar-refractivity contribution >= 4 is 11.9 Å². The van der Waals surface area contributed by atoms with Gasteiger partial charge in [0.1, 0.15) is 5.84 Å². The maximum atomic E-state index is 11.6. The van der Waals surface area contributed by atoms with E-state index < -0.39 is 5.54 Å². The van der Waals surface area contributed by atoms with Gasteiger partial charge in [0.25, 0.3) is 0 Å². The lowest BCUT2D eigenvalue weighted by Crippen LogP contribution is -2.59. The largest absolute Gasteiger partial charge is 0.386 e. The second-order valence-electron chi connectivity index (χ2n) is 4.39. The molecule has 0 spiro atoms. The number of carbonyl (C=O) groups excluding carboxylic acids is 1. The van der Waals surface area contributed by atoms with E-state index in [2.05, 4.69) is 10.6 Å². The highest BCUT2D eigenvalue weighted by Crippen LogP contribution is 2.26. The van der Waals surface area contributed by atoms with E-state index in [4.69, 9.17) is 11.1 Å². The summed E-state index contributed by atoms with van der Waals surface area (Å²) in [7, 11) is 0. The molecule has 1 aliphatic carbocycles. The Morgan fingerprint density at radius 2 is 1.88 bits per heavy atom. The Hall–Kier alpha value is -1.26. The van der Waals surface area contributed by atoms with Gasteiger partial charge in [-0.3, -0.25) is 5.41 Å². The second-order valence-corrected chi connectivity index (χ2v) is 4.39. The average molecular weight is 226 g/mol. The third kappa shape index (κ3) is 3.12. The molecule has 0 heterocycles. The first-order valence-corrected chi connectivity index (χ1v) is 6.01. The number of urea groups is 1. The summed E-state index contributed by atoms with van der Waals surface area (Å²) in [5.41, 5.74) is 5.04. The first-order valence-electron chi connectivity index (χ1n) is 6.01. The highest BCUT2D eigenvalue weighted by Gasteiger charge is 2.35. The van der Waals surface area contributed by atoms with Crippen molar-refractivity contribution in [1.82, 2.24) is 10.6 Å². The first-order chi connectivity index (χ1) is 7.60.